The summed E-state index contributed by atoms with van der Waals surface area (Å²) in [4.78, 5) is 0. The summed E-state index contributed by atoms with van der Waals surface area (Å²) in [6, 6.07) is 14.4. The molecule has 2 rings (SSSR count). The molecule has 0 spiro atoms. The van der Waals surface area contributed by atoms with Crippen LogP contribution < -0.4 is 5.32 Å². The van der Waals surface area contributed by atoms with Gasteiger partial charge in [-0.2, -0.15) is 0 Å². The normalized spacial score (nSPS) is 10.3. The first-order chi connectivity index (χ1) is 7.27. The minimum atomic E-state index is 0.839. The first-order valence-electron chi connectivity index (χ1n) is 4.86. The molecule has 0 aliphatic carbocycles. The van der Waals surface area contributed by atoms with E-state index < -0.39 is 0 Å². The van der Waals surface area contributed by atoms with Crippen LogP contribution in [0.2, 0.25) is 0 Å². The van der Waals surface area contributed by atoms with Crippen LogP contribution in [0.5, 0.6) is 0 Å². The number of aromatic nitrogens is 1. The molecule has 0 bridgehead atoms. The third kappa shape index (κ3) is 2.42. The van der Waals surface area contributed by atoms with Gasteiger partial charge in [0.25, 0.3) is 0 Å². The van der Waals surface area contributed by atoms with Crippen molar-refractivity contribution in [2.24, 2.45) is 7.05 Å². The van der Waals surface area contributed by atoms with Gasteiger partial charge >= 0.3 is 0 Å². The largest absolute Gasteiger partial charge is 0.379 e. The van der Waals surface area contributed by atoms with Gasteiger partial charge in [0, 0.05) is 18.4 Å². The summed E-state index contributed by atoms with van der Waals surface area (Å²) < 4.78 is 3.23. The molecule has 0 unspecified atom stereocenters. The zero-order valence-electron chi connectivity index (χ0n) is 8.57. The van der Waals surface area contributed by atoms with Gasteiger partial charge in [-0.15, -0.1) is 0 Å². The van der Waals surface area contributed by atoms with Gasteiger partial charge in [0.1, 0.15) is 0 Å². The number of hydrogen-bond donors (Lipinski definition) is 1. The molecule has 15 heavy (non-hydrogen) atoms. The molecule has 1 aromatic carbocycles. The van der Waals surface area contributed by atoms with E-state index in [0.717, 1.165) is 16.8 Å². The number of para-hydroxylation sites is 1. The van der Waals surface area contributed by atoms with E-state index in [1.165, 1.54) is 5.69 Å². The molecular weight excluding hydrogens is 252 g/mol. The Morgan fingerprint density at radius 1 is 1.13 bits per heavy atom. The quantitative estimate of drug-likeness (QED) is 0.900. The number of nitrogens with one attached hydrogen (secondary N) is 1. The van der Waals surface area contributed by atoms with Crippen molar-refractivity contribution in [3.8, 4) is 0 Å². The fourth-order valence-electron chi connectivity index (χ4n) is 1.45. The fourth-order valence-corrected chi connectivity index (χ4v) is 1.81. The van der Waals surface area contributed by atoms with E-state index in [2.05, 4.69) is 50.1 Å². The topological polar surface area (TPSA) is 17.0 Å². The number of hydrogen-bond acceptors (Lipinski definition) is 1. The van der Waals surface area contributed by atoms with Gasteiger partial charge in [0.2, 0.25) is 0 Å². The van der Waals surface area contributed by atoms with Gasteiger partial charge in [-0.3, -0.25) is 0 Å². The summed E-state index contributed by atoms with van der Waals surface area (Å²) in [6.07, 6.45) is 0. The summed E-state index contributed by atoms with van der Waals surface area (Å²) in [5, 5.41) is 3.37. The lowest BCUT2D eigenvalue weighted by molar-refractivity contribution is 0.824. The van der Waals surface area contributed by atoms with Gasteiger partial charge < -0.3 is 9.88 Å². The minimum absolute atomic E-state index is 0.839. The molecule has 0 aliphatic heterocycles. The monoisotopic (exact) mass is 264 g/mol. The number of benzene rings is 1. The van der Waals surface area contributed by atoms with Gasteiger partial charge in [-0.25, -0.2) is 0 Å². The van der Waals surface area contributed by atoms with Crippen molar-refractivity contribution in [2.45, 2.75) is 6.54 Å². The first kappa shape index (κ1) is 10.3. The van der Waals surface area contributed by atoms with E-state index >= 15 is 0 Å². The molecule has 0 aliphatic rings. The van der Waals surface area contributed by atoms with Crippen LogP contribution in [0, 0.1) is 0 Å². The van der Waals surface area contributed by atoms with Gasteiger partial charge in [0.15, 0.2) is 0 Å². The lowest BCUT2D eigenvalue weighted by Crippen LogP contribution is -2.04. The summed E-state index contributed by atoms with van der Waals surface area (Å²) in [6.45, 7) is 0.839. The molecule has 2 aromatic rings. The standard InChI is InChI=1S/C12H13BrN2/c1-15-11(7-8-12(15)13)9-14-10-5-3-2-4-6-10/h2-8,14H,9H2,1H3. The molecule has 1 aromatic heterocycles. The highest BCUT2D eigenvalue weighted by Crippen LogP contribution is 2.15. The predicted octanol–water partition coefficient (Wildman–Crippen LogP) is 3.40. The highest BCUT2D eigenvalue weighted by molar-refractivity contribution is 9.10. The lowest BCUT2D eigenvalue weighted by Gasteiger charge is -2.07. The maximum Gasteiger partial charge on any atom is 0.0846 e. The van der Waals surface area contributed by atoms with Crippen LogP contribution >= 0.6 is 15.9 Å². The van der Waals surface area contributed by atoms with Crippen molar-refractivity contribution in [1.82, 2.24) is 4.57 Å². The smallest absolute Gasteiger partial charge is 0.0846 e. The molecule has 1 heterocycles. The Balaban J connectivity index is 2.02. The molecule has 2 nitrogen and oxygen atoms in total. The Morgan fingerprint density at radius 2 is 1.87 bits per heavy atom. The zero-order chi connectivity index (χ0) is 10.7. The minimum Gasteiger partial charge on any atom is -0.379 e. The van der Waals surface area contributed by atoms with Crippen LogP contribution in [0.4, 0.5) is 5.69 Å². The molecule has 0 atom stereocenters. The van der Waals surface area contributed by atoms with E-state index in [1.807, 2.05) is 25.2 Å². The van der Waals surface area contributed by atoms with Crippen molar-refractivity contribution >= 4 is 21.6 Å². The van der Waals surface area contributed by atoms with Crippen LogP contribution in [0.1, 0.15) is 5.69 Å². The number of nitrogens with zero attached hydrogens (tertiary/aromatic N) is 1. The van der Waals surface area contributed by atoms with Gasteiger partial charge in [-0.05, 0) is 40.2 Å². The molecule has 1 N–H and O–H groups in total. The summed E-state index contributed by atoms with van der Waals surface area (Å²) in [5.74, 6) is 0. The third-order valence-electron chi connectivity index (χ3n) is 2.41. The molecule has 0 amide bonds. The number of anilines is 1. The third-order valence-corrected chi connectivity index (χ3v) is 3.21. The SMILES string of the molecule is Cn1c(Br)ccc1CNc1ccccc1. The summed E-state index contributed by atoms with van der Waals surface area (Å²) in [7, 11) is 2.05. The highest BCUT2D eigenvalue weighted by Gasteiger charge is 2.00. The summed E-state index contributed by atoms with van der Waals surface area (Å²) >= 11 is 3.48. The van der Waals surface area contributed by atoms with Crippen molar-refractivity contribution < 1.29 is 0 Å². The predicted molar refractivity (Wildman–Crippen MR) is 66.9 cm³/mol. The van der Waals surface area contributed by atoms with Crippen molar-refractivity contribution in [3.63, 3.8) is 0 Å². The second-order valence-corrected chi connectivity index (χ2v) is 4.24. The van der Waals surface area contributed by atoms with Gasteiger partial charge in [-0.1, -0.05) is 18.2 Å². The van der Waals surface area contributed by atoms with Gasteiger partial charge in [0.05, 0.1) is 11.1 Å². The average molecular weight is 265 g/mol. The van der Waals surface area contributed by atoms with E-state index in [-0.39, 0.29) is 0 Å². The Labute approximate surface area is 98.1 Å². The molecule has 0 radical (unpaired) electrons. The van der Waals surface area contributed by atoms with Crippen LogP contribution in [-0.2, 0) is 13.6 Å². The Hall–Kier alpha value is -1.22. The fraction of sp³-hybridized carbons (Fsp3) is 0.167. The molecular formula is C12H13BrN2. The van der Waals surface area contributed by atoms with E-state index in [4.69, 9.17) is 0 Å². The zero-order valence-corrected chi connectivity index (χ0v) is 10.2. The second kappa shape index (κ2) is 4.53. The lowest BCUT2D eigenvalue weighted by atomic mass is 10.3. The van der Waals surface area contributed by atoms with E-state index in [9.17, 15) is 0 Å². The van der Waals surface area contributed by atoms with Crippen LogP contribution in [0.15, 0.2) is 47.1 Å². The van der Waals surface area contributed by atoms with Crippen molar-refractivity contribution in [2.75, 3.05) is 5.32 Å². The summed E-state index contributed by atoms with van der Waals surface area (Å²) in [5.41, 5.74) is 2.40. The number of halogens is 1. The van der Waals surface area contributed by atoms with Crippen molar-refractivity contribution in [3.05, 3.63) is 52.8 Å². The number of rotatable bonds is 3. The molecule has 3 heteroatoms. The maximum atomic E-state index is 3.48. The molecule has 0 saturated carbocycles. The molecule has 78 valence electrons. The first-order valence-corrected chi connectivity index (χ1v) is 5.65. The van der Waals surface area contributed by atoms with E-state index in [1.54, 1.807) is 0 Å². The van der Waals surface area contributed by atoms with Crippen LogP contribution in [0.3, 0.4) is 0 Å². The maximum absolute atomic E-state index is 3.48. The highest BCUT2D eigenvalue weighted by atomic mass is 79.9. The van der Waals surface area contributed by atoms with Crippen LogP contribution in [-0.4, -0.2) is 4.57 Å². The Bertz CT molecular complexity index is 434. The molecule has 0 fully saturated rings. The van der Waals surface area contributed by atoms with Crippen molar-refractivity contribution in [1.29, 1.82) is 0 Å². The molecule has 0 saturated heterocycles. The van der Waals surface area contributed by atoms with E-state index in [0.29, 0.717) is 0 Å². The average Bonchev–Trinajstić information content (AvgIpc) is 2.59. The van der Waals surface area contributed by atoms with Crippen LogP contribution in [0.25, 0.3) is 0 Å². The second-order valence-electron chi connectivity index (χ2n) is 3.43. The Kier molecular flexibility index (Phi) is 3.11. The Morgan fingerprint density at radius 3 is 2.47 bits per heavy atom.